The third-order valence-electron chi connectivity index (χ3n) is 5.02. The van der Waals surface area contributed by atoms with E-state index in [-0.39, 0.29) is 29.8 Å². The number of carbonyl (C=O) groups excluding carboxylic acids is 3. The maximum absolute atomic E-state index is 13.7. The summed E-state index contributed by atoms with van der Waals surface area (Å²) in [5, 5.41) is 11.2. The summed E-state index contributed by atoms with van der Waals surface area (Å²) in [5.74, 6) is -3.99. The minimum Gasteiger partial charge on any atom is -0.481 e. The average molecular weight is 457 g/mol. The highest BCUT2D eigenvalue weighted by Crippen LogP contribution is 2.29. The zero-order valence-electron chi connectivity index (χ0n) is 17.8. The molecule has 10 heteroatoms. The number of amides is 3. The Labute approximate surface area is 188 Å². The molecule has 0 unspecified atom stereocenters. The van der Waals surface area contributed by atoms with Gasteiger partial charge in [-0.05, 0) is 42.3 Å². The second-order valence-electron chi connectivity index (χ2n) is 7.48. The Hall–Kier alpha value is -4.08. The fourth-order valence-electron chi connectivity index (χ4n) is 3.47. The average Bonchev–Trinajstić information content (AvgIpc) is 2.74. The van der Waals surface area contributed by atoms with Gasteiger partial charge in [0, 0.05) is 37.1 Å². The standard InChI is InChI=1S/C23H21F2N3O5/c1-13-12-27(2)22(32)20(21(13)31)28(23(33)26-7-6-19(29)30)18-5-3-4-14(10-18)15-8-16(24)11-17(25)9-15/h3-5,8-12,20H,6-7H2,1-2H3,(H,26,33)(H,29,30)/t20-/m0/s1. The Morgan fingerprint density at radius 2 is 1.76 bits per heavy atom. The number of aliphatic carboxylic acids is 1. The second kappa shape index (κ2) is 9.60. The number of nitrogens with one attached hydrogen (secondary N) is 1. The summed E-state index contributed by atoms with van der Waals surface area (Å²) >= 11 is 0. The number of urea groups is 1. The highest BCUT2D eigenvalue weighted by atomic mass is 19.1. The summed E-state index contributed by atoms with van der Waals surface area (Å²) in [6.07, 6.45) is 0.987. The molecule has 1 aliphatic rings. The highest BCUT2D eigenvalue weighted by Gasteiger charge is 2.41. The molecule has 33 heavy (non-hydrogen) atoms. The molecule has 1 aliphatic heterocycles. The van der Waals surface area contributed by atoms with E-state index in [1.54, 1.807) is 6.07 Å². The number of Topliss-reactive ketones (excluding diaryl/α,β-unsaturated/α-hetero) is 1. The number of anilines is 1. The van der Waals surface area contributed by atoms with Crippen LogP contribution in [-0.2, 0) is 14.4 Å². The number of ketones is 1. The molecule has 0 bridgehead atoms. The second-order valence-corrected chi connectivity index (χ2v) is 7.48. The van der Waals surface area contributed by atoms with Crippen LogP contribution in [0.4, 0.5) is 19.3 Å². The molecule has 0 saturated heterocycles. The number of carboxylic acids is 1. The SMILES string of the molecule is CC1=CN(C)C(=O)[C@@H](N(C(=O)NCCC(=O)O)c2cccc(-c3cc(F)cc(F)c3)c2)C1=O. The molecular weight excluding hydrogens is 436 g/mol. The minimum atomic E-state index is -1.54. The number of hydrogen-bond donors (Lipinski definition) is 2. The first-order valence-corrected chi connectivity index (χ1v) is 9.93. The van der Waals surface area contributed by atoms with E-state index in [9.17, 15) is 28.0 Å². The largest absolute Gasteiger partial charge is 0.481 e. The Kier molecular flexibility index (Phi) is 6.86. The van der Waals surface area contributed by atoms with Gasteiger partial charge in [0.05, 0.1) is 6.42 Å². The predicted octanol–water partition coefficient (Wildman–Crippen LogP) is 2.94. The lowest BCUT2D eigenvalue weighted by Crippen LogP contribution is -2.58. The van der Waals surface area contributed by atoms with Crippen molar-refractivity contribution in [3.8, 4) is 11.1 Å². The van der Waals surface area contributed by atoms with Crippen LogP contribution in [0.25, 0.3) is 11.1 Å². The van der Waals surface area contributed by atoms with E-state index in [1.165, 1.54) is 43.3 Å². The zero-order chi connectivity index (χ0) is 24.3. The molecule has 172 valence electrons. The molecule has 3 amide bonds. The van der Waals surface area contributed by atoms with Crippen LogP contribution < -0.4 is 10.2 Å². The molecule has 0 saturated carbocycles. The summed E-state index contributed by atoms with van der Waals surface area (Å²) in [6.45, 7) is 1.27. The number of hydrogen-bond acceptors (Lipinski definition) is 4. The monoisotopic (exact) mass is 457 g/mol. The number of carbonyl (C=O) groups is 4. The Morgan fingerprint density at radius 3 is 2.39 bits per heavy atom. The first-order valence-electron chi connectivity index (χ1n) is 9.93. The molecule has 0 aromatic heterocycles. The number of carboxylic acid groups (broad SMARTS) is 1. The quantitative estimate of drug-likeness (QED) is 0.649. The van der Waals surface area contributed by atoms with Crippen molar-refractivity contribution in [1.29, 1.82) is 0 Å². The molecule has 2 aromatic carbocycles. The fourth-order valence-corrected chi connectivity index (χ4v) is 3.47. The van der Waals surface area contributed by atoms with Gasteiger partial charge in [0.15, 0.2) is 11.8 Å². The third-order valence-corrected chi connectivity index (χ3v) is 5.02. The Morgan fingerprint density at radius 1 is 1.09 bits per heavy atom. The lowest BCUT2D eigenvalue weighted by molar-refractivity contribution is -0.137. The topological polar surface area (TPSA) is 107 Å². The molecule has 2 N–H and O–H groups in total. The van der Waals surface area contributed by atoms with Gasteiger partial charge in [-0.1, -0.05) is 12.1 Å². The molecule has 0 fully saturated rings. The molecule has 0 spiro atoms. The van der Waals surface area contributed by atoms with E-state index >= 15 is 0 Å². The van der Waals surface area contributed by atoms with Gasteiger partial charge in [0.25, 0.3) is 5.91 Å². The van der Waals surface area contributed by atoms with Gasteiger partial charge in [0.2, 0.25) is 0 Å². The predicted molar refractivity (Wildman–Crippen MR) is 115 cm³/mol. The van der Waals surface area contributed by atoms with Crippen molar-refractivity contribution in [2.75, 3.05) is 18.5 Å². The van der Waals surface area contributed by atoms with E-state index in [1.807, 2.05) is 0 Å². The van der Waals surface area contributed by atoms with E-state index < -0.39 is 41.4 Å². The normalized spacial score (nSPS) is 15.8. The third kappa shape index (κ3) is 5.22. The van der Waals surface area contributed by atoms with Crippen molar-refractivity contribution in [1.82, 2.24) is 10.2 Å². The van der Waals surface area contributed by atoms with Crippen LogP contribution in [-0.4, -0.2) is 53.3 Å². The van der Waals surface area contributed by atoms with Crippen LogP contribution in [0.2, 0.25) is 0 Å². The van der Waals surface area contributed by atoms with Gasteiger partial charge in [-0.2, -0.15) is 0 Å². The summed E-state index contributed by atoms with van der Waals surface area (Å²) < 4.78 is 27.4. The number of rotatable bonds is 6. The van der Waals surface area contributed by atoms with Gasteiger partial charge < -0.3 is 15.3 Å². The minimum absolute atomic E-state index is 0.111. The maximum atomic E-state index is 13.7. The smallest absolute Gasteiger partial charge is 0.323 e. The van der Waals surface area contributed by atoms with Gasteiger partial charge in [-0.3, -0.25) is 19.3 Å². The summed E-state index contributed by atoms with van der Waals surface area (Å²) in [6, 6.07) is 6.48. The van der Waals surface area contributed by atoms with E-state index in [2.05, 4.69) is 5.32 Å². The van der Waals surface area contributed by atoms with Gasteiger partial charge in [-0.25, -0.2) is 13.6 Å². The van der Waals surface area contributed by atoms with Crippen LogP contribution in [0.15, 0.2) is 54.2 Å². The number of halogens is 2. The lowest BCUT2D eigenvalue weighted by Gasteiger charge is -2.34. The molecule has 1 heterocycles. The van der Waals surface area contributed by atoms with Crippen LogP contribution in [0.3, 0.4) is 0 Å². The van der Waals surface area contributed by atoms with Gasteiger partial charge in [0.1, 0.15) is 11.6 Å². The van der Waals surface area contributed by atoms with Crippen LogP contribution in [0.5, 0.6) is 0 Å². The van der Waals surface area contributed by atoms with Crippen molar-refractivity contribution >= 4 is 29.4 Å². The lowest BCUT2D eigenvalue weighted by atomic mass is 9.98. The van der Waals surface area contributed by atoms with Crippen LogP contribution in [0, 0.1) is 11.6 Å². The Balaban J connectivity index is 2.07. The van der Waals surface area contributed by atoms with Gasteiger partial charge in [-0.15, -0.1) is 0 Å². The maximum Gasteiger partial charge on any atom is 0.323 e. The van der Waals surface area contributed by atoms with Crippen molar-refractivity contribution in [2.24, 2.45) is 0 Å². The van der Waals surface area contributed by atoms with Crippen molar-refractivity contribution < 1.29 is 33.1 Å². The molecule has 0 radical (unpaired) electrons. The number of nitrogens with zero attached hydrogens (tertiary/aromatic N) is 2. The Bertz CT molecular complexity index is 1140. The van der Waals surface area contributed by atoms with Crippen molar-refractivity contribution in [3.05, 3.63) is 65.9 Å². The van der Waals surface area contributed by atoms with Crippen LogP contribution >= 0.6 is 0 Å². The van der Waals surface area contributed by atoms with Gasteiger partial charge >= 0.3 is 12.0 Å². The molecule has 8 nitrogen and oxygen atoms in total. The summed E-state index contributed by atoms with van der Waals surface area (Å²) in [5.41, 5.74) is 0.884. The van der Waals surface area contributed by atoms with Crippen molar-refractivity contribution in [3.63, 3.8) is 0 Å². The molecule has 2 aromatic rings. The first kappa shape index (κ1) is 23.6. The molecule has 1 atom stereocenters. The van der Waals surface area contributed by atoms with E-state index in [0.717, 1.165) is 23.1 Å². The fraction of sp³-hybridized carbons (Fsp3) is 0.217. The number of likely N-dealkylation sites (N-methyl/N-ethyl adjacent to an activating group) is 1. The molecule has 3 rings (SSSR count). The first-order chi connectivity index (χ1) is 15.6. The van der Waals surface area contributed by atoms with E-state index in [4.69, 9.17) is 5.11 Å². The molecular formula is C23H21F2N3O5. The van der Waals surface area contributed by atoms with E-state index in [0.29, 0.717) is 5.56 Å². The summed E-state index contributed by atoms with van der Waals surface area (Å²) in [7, 11) is 1.44. The highest BCUT2D eigenvalue weighted by molar-refractivity contribution is 6.21. The number of benzene rings is 2. The van der Waals surface area contributed by atoms with Crippen molar-refractivity contribution in [2.45, 2.75) is 19.4 Å². The molecule has 0 aliphatic carbocycles. The van der Waals surface area contributed by atoms with Crippen LogP contribution in [0.1, 0.15) is 13.3 Å². The zero-order valence-corrected chi connectivity index (χ0v) is 17.8. The summed E-state index contributed by atoms with van der Waals surface area (Å²) in [4.78, 5) is 51.7.